The molecule has 1 amide bonds. The smallest absolute Gasteiger partial charge is 0.252 e. The lowest BCUT2D eigenvalue weighted by atomic mass is 10.1. The van der Waals surface area contributed by atoms with Gasteiger partial charge in [-0.05, 0) is 40.5 Å². The van der Waals surface area contributed by atoms with Crippen molar-refractivity contribution in [2.75, 3.05) is 0 Å². The third kappa shape index (κ3) is 4.55. The molecule has 0 aliphatic rings. The third-order valence-corrected chi connectivity index (χ3v) is 3.54. The van der Waals surface area contributed by atoms with Crippen molar-refractivity contribution < 1.29 is 4.79 Å². The Morgan fingerprint density at radius 1 is 1.61 bits per heavy atom. The molecular formula is C12H14BrClN2OS. The first-order valence-electron chi connectivity index (χ1n) is 5.48. The van der Waals surface area contributed by atoms with E-state index in [0.717, 1.165) is 6.42 Å². The molecule has 1 atom stereocenters. The topological polar surface area (TPSA) is 55.1 Å². The number of hydrogen-bond acceptors (Lipinski definition) is 2. The van der Waals surface area contributed by atoms with Crippen molar-refractivity contribution >= 4 is 50.6 Å². The fourth-order valence-corrected chi connectivity index (χ4v) is 2.27. The number of thiocarbonyl (C=S) groups is 1. The van der Waals surface area contributed by atoms with E-state index in [0.29, 0.717) is 26.5 Å². The standard InChI is InChI=1S/C12H14BrClN2OS/c1-2-8(6-11(15)18)16-12(17)9-5-7(14)3-4-10(9)13/h3-5,8H,2,6H2,1H3,(H2,15,18)(H,16,17). The van der Waals surface area contributed by atoms with Crippen LogP contribution in [0.5, 0.6) is 0 Å². The maximum atomic E-state index is 12.1. The Morgan fingerprint density at radius 2 is 2.28 bits per heavy atom. The number of carbonyl (C=O) groups excluding carboxylic acids is 1. The van der Waals surface area contributed by atoms with Gasteiger partial charge in [0.25, 0.3) is 5.91 Å². The van der Waals surface area contributed by atoms with Crippen LogP contribution in [0.1, 0.15) is 30.1 Å². The van der Waals surface area contributed by atoms with Gasteiger partial charge < -0.3 is 11.1 Å². The number of halogens is 2. The lowest BCUT2D eigenvalue weighted by molar-refractivity contribution is 0.0936. The van der Waals surface area contributed by atoms with E-state index in [9.17, 15) is 4.79 Å². The van der Waals surface area contributed by atoms with Gasteiger partial charge in [-0.3, -0.25) is 4.79 Å². The molecule has 0 aliphatic heterocycles. The molecule has 1 aromatic rings. The Balaban J connectivity index is 2.80. The number of carbonyl (C=O) groups is 1. The van der Waals surface area contributed by atoms with Crippen molar-refractivity contribution in [1.82, 2.24) is 5.32 Å². The molecule has 0 heterocycles. The summed E-state index contributed by atoms with van der Waals surface area (Å²) in [6.07, 6.45) is 1.26. The lowest BCUT2D eigenvalue weighted by Crippen LogP contribution is -2.37. The Morgan fingerprint density at radius 3 is 2.83 bits per heavy atom. The van der Waals surface area contributed by atoms with Crippen LogP contribution in [0.2, 0.25) is 5.02 Å². The molecular weight excluding hydrogens is 336 g/mol. The van der Waals surface area contributed by atoms with Gasteiger partial charge in [0.15, 0.2) is 0 Å². The zero-order valence-electron chi connectivity index (χ0n) is 9.87. The molecule has 0 aromatic heterocycles. The normalized spacial score (nSPS) is 11.9. The number of nitrogens with two attached hydrogens (primary N) is 1. The first-order chi connectivity index (χ1) is 8.43. The van der Waals surface area contributed by atoms with Crippen LogP contribution in [-0.2, 0) is 0 Å². The molecule has 98 valence electrons. The molecule has 18 heavy (non-hydrogen) atoms. The first kappa shape index (κ1) is 15.4. The van der Waals surface area contributed by atoms with Crippen LogP contribution in [0.25, 0.3) is 0 Å². The minimum Gasteiger partial charge on any atom is -0.393 e. The van der Waals surface area contributed by atoms with E-state index in [4.69, 9.17) is 29.6 Å². The van der Waals surface area contributed by atoms with E-state index in [1.54, 1.807) is 18.2 Å². The summed E-state index contributed by atoms with van der Waals surface area (Å²) in [6.45, 7) is 1.97. The second-order valence-electron chi connectivity index (χ2n) is 3.87. The summed E-state index contributed by atoms with van der Waals surface area (Å²) in [5.41, 5.74) is 5.99. The van der Waals surface area contributed by atoms with E-state index in [1.807, 2.05) is 6.92 Å². The summed E-state index contributed by atoms with van der Waals surface area (Å²) in [4.78, 5) is 12.5. The van der Waals surface area contributed by atoms with Gasteiger partial charge >= 0.3 is 0 Å². The number of benzene rings is 1. The highest BCUT2D eigenvalue weighted by Gasteiger charge is 2.15. The van der Waals surface area contributed by atoms with Crippen LogP contribution >= 0.6 is 39.7 Å². The molecule has 0 aliphatic carbocycles. The number of rotatable bonds is 5. The fourth-order valence-electron chi connectivity index (χ4n) is 1.47. The van der Waals surface area contributed by atoms with Crippen LogP contribution in [0.15, 0.2) is 22.7 Å². The van der Waals surface area contributed by atoms with Crippen LogP contribution in [-0.4, -0.2) is 16.9 Å². The van der Waals surface area contributed by atoms with E-state index < -0.39 is 0 Å². The molecule has 0 saturated heterocycles. The Kier molecular flexibility index (Phi) is 6.05. The Labute approximate surface area is 125 Å². The SMILES string of the molecule is CCC(CC(N)=S)NC(=O)c1cc(Cl)ccc1Br. The Hall–Kier alpha value is -0.650. The van der Waals surface area contributed by atoms with E-state index >= 15 is 0 Å². The predicted molar refractivity (Wildman–Crippen MR) is 82.1 cm³/mol. The Bertz CT molecular complexity index is 467. The molecule has 0 radical (unpaired) electrons. The first-order valence-corrected chi connectivity index (χ1v) is 7.06. The average molecular weight is 350 g/mol. The molecule has 3 N–H and O–H groups in total. The van der Waals surface area contributed by atoms with Crippen LogP contribution < -0.4 is 11.1 Å². The van der Waals surface area contributed by atoms with Gasteiger partial charge in [-0.2, -0.15) is 0 Å². The molecule has 0 bridgehead atoms. The molecule has 1 unspecified atom stereocenters. The van der Waals surface area contributed by atoms with Gasteiger partial charge in [0, 0.05) is 22.0 Å². The zero-order chi connectivity index (χ0) is 13.7. The molecule has 0 saturated carbocycles. The van der Waals surface area contributed by atoms with E-state index in [-0.39, 0.29) is 11.9 Å². The van der Waals surface area contributed by atoms with Crippen molar-refractivity contribution in [3.05, 3.63) is 33.3 Å². The summed E-state index contributed by atoms with van der Waals surface area (Å²) in [7, 11) is 0. The summed E-state index contributed by atoms with van der Waals surface area (Å²) in [5.74, 6) is -0.188. The monoisotopic (exact) mass is 348 g/mol. The van der Waals surface area contributed by atoms with Gasteiger partial charge in [-0.15, -0.1) is 0 Å². The number of nitrogens with one attached hydrogen (secondary N) is 1. The van der Waals surface area contributed by atoms with Crippen molar-refractivity contribution in [3.8, 4) is 0 Å². The molecule has 6 heteroatoms. The predicted octanol–water partition coefficient (Wildman–Crippen LogP) is 3.29. The van der Waals surface area contributed by atoms with Crippen LogP contribution in [0.4, 0.5) is 0 Å². The number of hydrogen-bond donors (Lipinski definition) is 2. The maximum Gasteiger partial charge on any atom is 0.252 e. The summed E-state index contributed by atoms with van der Waals surface area (Å²) < 4.78 is 0.703. The zero-order valence-corrected chi connectivity index (χ0v) is 13.0. The quantitative estimate of drug-likeness (QED) is 0.802. The third-order valence-electron chi connectivity index (χ3n) is 2.45. The molecule has 0 fully saturated rings. The van der Waals surface area contributed by atoms with Crippen molar-refractivity contribution in [3.63, 3.8) is 0 Å². The molecule has 0 spiro atoms. The van der Waals surface area contributed by atoms with E-state index in [2.05, 4.69) is 21.2 Å². The van der Waals surface area contributed by atoms with Crippen molar-refractivity contribution in [2.45, 2.75) is 25.8 Å². The molecule has 1 rings (SSSR count). The van der Waals surface area contributed by atoms with Crippen LogP contribution in [0.3, 0.4) is 0 Å². The van der Waals surface area contributed by atoms with Gasteiger partial charge in [0.1, 0.15) is 0 Å². The van der Waals surface area contributed by atoms with Crippen molar-refractivity contribution in [1.29, 1.82) is 0 Å². The van der Waals surface area contributed by atoms with E-state index in [1.165, 1.54) is 0 Å². The average Bonchev–Trinajstić information content (AvgIpc) is 2.30. The maximum absolute atomic E-state index is 12.1. The fraction of sp³-hybridized carbons (Fsp3) is 0.333. The summed E-state index contributed by atoms with van der Waals surface area (Å²) >= 11 is 14.0. The highest BCUT2D eigenvalue weighted by atomic mass is 79.9. The van der Waals surface area contributed by atoms with Gasteiger partial charge in [-0.25, -0.2) is 0 Å². The van der Waals surface area contributed by atoms with Gasteiger partial charge in [-0.1, -0.05) is 30.7 Å². The van der Waals surface area contributed by atoms with Gasteiger partial charge in [0.05, 0.1) is 10.6 Å². The number of amides is 1. The lowest BCUT2D eigenvalue weighted by Gasteiger charge is -2.16. The molecule has 1 aromatic carbocycles. The second-order valence-corrected chi connectivity index (χ2v) is 5.69. The minimum atomic E-state index is -0.188. The van der Waals surface area contributed by atoms with Crippen LogP contribution in [0, 0.1) is 0 Å². The van der Waals surface area contributed by atoms with Crippen molar-refractivity contribution in [2.24, 2.45) is 5.73 Å². The highest BCUT2D eigenvalue weighted by Crippen LogP contribution is 2.21. The summed E-state index contributed by atoms with van der Waals surface area (Å²) in [6, 6.07) is 5.02. The summed E-state index contributed by atoms with van der Waals surface area (Å²) in [5, 5.41) is 3.41. The van der Waals surface area contributed by atoms with Gasteiger partial charge in [0.2, 0.25) is 0 Å². The minimum absolute atomic E-state index is 0.0547. The highest BCUT2D eigenvalue weighted by molar-refractivity contribution is 9.10. The largest absolute Gasteiger partial charge is 0.393 e. The second kappa shape index (κ2) is 7.07. The molecule has 3 nitrogen and oxygen atoms in total.